The third kappa shape index (κ3) is 5.26. The van der Waals surface area contributed by atoms with Crippen molar-refractivity contribution in [1.82, 2.24) is 14.8 Å². The van der Waals surface area contributed by atoms with Gasteiger partial charge in [-0.25, -0.2) is 0 Å². The number of hydrogen-bond acceptors (Lipinski definition) is 3. The van der Waals surface area contributed by atoms with Crippen molar-refractivity contribution < 1.29 is 0 Å². The van der Waals surface area contributed by atoms with Crippen LogP contribution in [-0.2, 0) is 6.54 Å². The van der Waals surface area contributed by atoms with Crippen LogP contribution in [0.2, 0.25) is 0 Å². The zero-order valence-electron chi connectivity index (χ0n) is 18.4. The fourth-order valence-electron chi connectivity index (χ4n) is 3.47. The number of thiocarbonyl (C=S) groups is 1. The van der Waals surface area contributed by atoms with Crippen LogP contribution in [0.25, 0.3) is 10.9 Å². The third-order valence-corrected chi connectivity index (χ3v) is 5.61. The maximum atomic E-state index is 12.8. The van der Waals surface area contributed by atoms with Crippen LogP contribution in [0, 0.1) is 20.8 Å². The summed E-state index contributed by atoms with van der Waals surface area (Å²) in [6.45, 7) is 8.15. The average Bonchev–Trinajstić information content (AvgIpc) is 2.68. The first kappa shape index (κ1) is 22.0. The van der Waals surface area contributed by atoms with Gasteiger partial charge in [-0.3, -0.25) is 4.79 Å². The highest BCUT2D eigenvalue weighted by Gasteiger charge is 2.15. The summed E-state index contributed by atoms with van der Waals surface area (Å²) in [5.41, 5.74) is 5.94. The Morgan fingerprint density at radius 1 is 1.03 bits per heavy atom. The second-order valence-corrected chi connectivity index (χ2v) is 8.52. The summed E-state index contributed by atoms with van der Waals surface area (Å²) in [7, 11) is 4.06. The monoisotopic (exact) mass is 422 g/mol. The van der Waals surface area contributed by atoms with Gasteiger partial charge < -0.3 is 20.1 Å². The number of para-hydroxylation sites is 1. The van der Waals surface area contributed by atoms with Crippen LogP contribution in [0.1, 0.15) is 22.3 Å². The number of aromatic nitrogens is 1. The molecule has 0 amide bonds. The Labute approximate surface area is 183 Å². The number of anilines is 1. The Balaban J connectivity index is 1.88. The van der Waals surface area contributed by atoms with Crippen LogP contribution in [0.5, 0.6) is 0 Å². The van der Waals surface area contributed by atoms with E-state index in [1.165, 1.54) is 5.56 Å². The predicted molar refractivity (Wildman–Crippen MR) is 130 cm³/mol. The Bertz CT molecular complexity index is 1120. The van der Waals surface area contributed by atoms with E-state index in [-0.39, 0.29) is 5.56 Å². The van der Waals surface area contributed by atoms with Gasteiger partial charge in [0.1, 0.15) is 0 Å². The number of benzene rings is 2. The summed E-state index contributed by atoms with van der Waals surface area (Å²) in [6.07, 6.45) is 0. The molecule has 0 atom stereocenters. The van der Waals surface area contributed by atoms with E-state index in [2.05, 4.69) is 46.1 Å². The van der Waals surface area contributed by atoms with Gasteiger partial charge in [-0.15, -0.1) is 0 Å². The highest BCUT2D eigenvalue weighted by atomic mass is 32.1. The van der Waals surface area contributed by atoms with Crippen molar-refractivity contribution in [2.24, 2.45) is 0 Å². The SMILES string of the molecule is Cc1ccc(NC(=S)N(CCN(C)C)Cc2cc3cccc(C)c3[nH]c2=O)c(C)c1. The Morgan fingerprint density at radius 2 is 1.80 bits per heavy atom. The molecule has 0 fully saturated rings. The topological polar surface area (TPSA) is 51.4 Å². The second-order valence-electron chi connectivity index (χ2n) is 8.14. The number of aromatic amines is 1. The molecule has 1 heterocycles. The van der Waals surface area contributed by atoms with E-state index >= 15 is 0 Å². The van der Waals surface area contributed by atoms with Gasteiger partial charge >= 0.3 is 0 Å². The minimum absolute atomic E-state index is 0.0685. The van der Waals surface area contributed by atoms with Gasteiger partial charge in [0, 0.05) is 24.3 Å². The molecular formula is C24H30N4OS. The maximum absolute atomic E-state index is 12.8. The zero-order valence-corrected chi connectivity index (χ0v) is 19.2. The summed E-state index contributed by atoms with van der Waals surface area (Å²) in [4.78, 5) is 20.0. The van der Waals surface area contributed by atoms with Crippen LogP contribution >= 0.6 is 12.2 Å². The zero-order chi connectivity index (χ0) is 21.8. The molecule has 158 valence electrons. The van der Waals surface area contributed by atoms with Crippen molar-refractivity contribution >= 4 is 33.9 Å². The van der Waals surface area contributed by atoms with E-state index in [1.807, 2.05) is 51.4 Å². The van der Waals surface area contributed by atoms with Crippen LogP contribution < -0.4 is 10.9 Å². The third-order valence-electron chi connectivity index (χ3n) is 5.25. The van der Waals surface area contributed by atoms with E-state index in [0.29, 0.717) is 17.2 Å². The van der Waals surface area contributed by atoms with E-state index < -0.39 is 0 Å². The lowest BCUT2D eigenvalue weighted by Gasteiger charge is -2.27. The molecule has 0 aliphatic heterocycles. The molecule has 2 N–H and O–H groups in total. The quantitative estimate of drug-likeness (QED) is 0.583. The lowest BCUT2D eigenvalue weighted by molar-refractivity contribution is 0.327. The summed E-state index contributed by atoms with van der Waals surface area (Å²) in [5.74, 6) is 0. The van der Waals surface area contributed by atoms with E-state index in [1.54, 1.807) is 0 Å². The molecule has 3 rings (SSSR count). The van der Waals surface area contributed by atoms with Crippen molar-refractivity contribution in [2.45, 2.75) is 27.3 Å². The number of aryl methyl sites for hydroxylation is 3. The standard InChI is InChI=1S/C24H30N4OS/c1-16-9-10-21(18(3)13-16)25-24(30)28(12-11-27(4)5)15-20-14-19-8-6-7-17(2)22(19)26-23(20)29/h6-10,13-14H,11-12,15H2,1-5H3,(H,25,30)(H,26,29). The van der Waals surface area contributed by atoms with E-state index in [4.69, 9.17) is 12.2 Å². The van der Waals surface area contributed by atoms with Gasteiger partial charge in [0.2, 0.25) is 0 Å². The fraction of sp³-hybridized carbons (Fsp3) is 0.333. The van der Waals surface area contributed by atoms with Crippen molar-refractivity contribution in [3.63, 3.8) is 0 Å². The minimum Gasteiger partial charge on any atom is -0.343 e. The number of rotatable bonds is 6. The molecule has 0 aliphatic carbocycles. The lowest BCUT2D eigenvalue weighted by Crippen LogP contribution is -2.40. The van der Waals surface area contributed by atoms with E-state index in [9.17, 15) is 4.79 Å². The number of fused-ring (bicyclic) bond motifs is 1. The number of pyridine rings is 1. The first-order chi connectivity index (χ1) is 14.2. The molecule has 0 unspecified atom stereocenters. The molecule has 0 saturated carbocycles. The number of likely N-dealkylation sites (N-methyl/N-ethyl adjacent to an activating group) is 1. The first-order valence-corrected chi connectivity index (χ1v) is 10.5. The van der Waals surface area contributed by atoms with Crippen LogP contribution in [0.15, 0.2) is 47.3 Å². The Hall–Kier alpha value is -2.70. The first-order valence-electron chi connectivity index (χ1n) is 10.1. The van der Waals surface area contributed by atoms with Gasteiger partial charge in [0.15, 0.2) is 5.11 Å². The molecular weight excluding hydrogens is 392 g/mol. The van der Waals surface area contributed by atoms with Crippen molar-refractivity contribution in [2.75, 3.05) is 32.5 Å². The molecule has 0 saturated heterocycles. The van der Waals surface area contributed by atoms with Crippen LogP contribution in [-0.4, -0.2) is 47.1 Å². The second kappa shape index (κ2) is 9.41. The Kier molecular flexibility index (Phi) is 6.90. The van der Waals surface area contributed by atoms with Gasteiger partial charge in [0.05, 0.1) is 12.1 Å². The number of nitrogens with zero attached hydrogens (tertiary/aromatic N) is 2. The molecule has 0 aliphatic rings. The molecule has 0 spiro atoms. The van der Waals surface area contributed by atoms with Crippen molar-refractivity contribution in [3.8, 4) is 0 Å². The fourth-order valence-corrected chi connectivity index (χ4v) is 3.74. The van der Waals surface area contributed by atoms with Crippen molar-refractivity contribution in [3.05, 3.63) is 75.1 Å². The van der Waals surface area contributed by atoms with Gasteiger partial charge in [-0.2, -0.15) is 0 Å². The van der Waals surface area contributed by atoms with Crippen LogP contribution in [0.3, 0.4) is 0 Å². The number of nitrogens with one attached hydrogen (secondary N) is 2. The summed E-state index contributed by atoms with van der Waals surface area (Å²) >= 11 is 5.75. The molecule has 0 radical (unpaired) electrons. The lowest BCUT2D eigenvalue weighted by atomic mass is 10.1. The summed E-state index contributed by atoms with van der Waals surface area (Å²) in [6, 6.07) is 14.3. The molecule has 30 heavy (non-hydrogen) atoms. The van der Waals surface area contributed by atoms with Gasteiger partial charge in [0.25, 0.3) is 5.56 Å². The molecule has 2 aromatic carbocycles. The summed E-state index contributed by atoms with van der Waals surface area (Å²) < 4.78 is 0. The number of H-pyrrole nitrogens is 1. The Morgan fingerprint density at radius 3 is 2.50 bits per heavy atom. The van der Waals surface area contributed by atoms with E-state index in [0.717, 1.165) is 40.8 Å². The van der Waals surface area contributed by atoms with Crippen LogP contribution in [0.4, 0.5) is 5.69 Å². The predicted octanol–water partition coefficient (Wildman–Crippen LogP) is 4.21. The highest BCUT2D eigenvalue weighted by molar-refractivity contribution is 7.80. The highest BCUT2D eigenvalue weighted by Crippen LogP contribution is 2.18. The normalized spacial score (nSPS) is 11.1. The van der Waals surface area contributed by atoms with Gasteiger partial charge in [-0.05, 0) is 75.7 Å². The van der Waals surface area contributed by atoms with Crippen molar-refractivity contribution in [1.29, 1.82) is 0 Å². The molecule has 1 aromatic heterocycles. The summed E-state index contributed by atoms with van der Waals surface area (Å²) in [5, 5.41) is 5.02. The average molecular weight is 423 g/mol. The maximum Gasteiger partial charge on any atom is 0.253 e. The number of hydrogen-bond donors (Lipinski definition) is 2. The molecule has 5 nitrogen and oxygen atoms in total. The largest absolute Gasteiger partial charge is 0.343 e. The molecule has 6 heteroatoms. The molecule has 0 bridgehead atoms. The van der Waals surface area contributed by atoms with Gasteiger partial charge in [-0.1, -0.05) is 35.9 Å². The molecule has 3 aromatic rings. The minimum atomic E-state index is -0.0685. The smallest absolute Gasteiger partial charge is 0.253 e.